The zero-order valence-electron chi connectivity index (χ0n) is 14.6. The maximum Gasteiger partial charge on any atom is 0.446 e. The van der Waals surface area contributed by atoms with Crippen LogP contribution in [0.4, 0.5) is 24.5 Å². The smallest absolute Gasteiger partial charge is 0.446 e. The summed E-state index contributed by atoms with van der Waals surface area (Å²) in [5.74, 6) is -1.22. The number of para-hydroxylation sites is 1. The van der Waals surface area contributed by atoms with Gasteiger partial charge in [-0.3, -0.25) is 14.9 Å². The normalized spacial score (nSPS) is 11.7. The standard InChI is InChI=1S/C16H13F3N2O6S2/c1-29(25,26)10-6-7-13(12(8-10)21(23)24)27-9-15(22)20-11-4-2-3-5-14(11)28-16(17,18)19/h2-8H,9H2,1H3,(H,20,22). The van der Waals surface area contributed by atoms with E-state index in [4.69, 9.17) is 4.74 Å². The van der Waals surface area contributed by atoms with Crippen molar-refractivity contribution in [3.05, 3.63) is 52.6 Å². The Hall–Kier alpha value is -2.80. The first-order chi connectivity index (χ1) is 13.4. The Balaban J connectivity index is 2.13. The lowest BCUT2D eigenvalue weighted by molar-refractivity contribution is -0.386. The van der Waals surface area contributed by atoms with Crippen LogP contribution in [0, 0.1) is 10.1 Å². The first-order valence-electron chi connectivity index (χ1n) is 7.63. The molecule has 156 valence electrons. The predicted molar refractivity (Wildman–Crippen MR) is 98.7 cm³/mol. The van der Waals surface area contributed by atoms with Crippen LogP contribution < -0.4 is 10.1 Å². The van der Waals surface area contributed by atoms with Crippen LogP contribution in [-0.4, -0.2) is 37.6 Å². The number of carbonyl (C=O) groups excluding carboxylic acids is 1. The van der Waals surface area contributed by atoms with Gasteiger partial charge in [0.2, 0.25) is 0 Å². The van der Waals surface area contributed by atoms with Gasteiger partial charge in [-0.2, -0.15) is 13.2 Å². The van der Waals surface area contributed by atoms with Gasteiger partial charge in [-0.05, 0) is 36.0 Å². The molecule has 1 N–H and O–H groups in total. The number of anilines is 1. The summed E-state index contributed by atoms with van der Waals surface area (Å²) in [6.07, 6.45) is 0.871. The number of alkyl halides is 3. The summed E-state index contributed by atoms with van der Waals surface area (Å²) in [5.41, 5.74) is -5.33. The number of amides is 1. The minimum absolute atomic E-state index is 0.106. The molecule has 0 atom stereocenters. The van der Waals surface area contributed by atoms with Gasteiger partial charge < -0.3 is 10.1 Å². The van der Waals surface area contributed by atoms with Crippen molar-refractivity contribution in [1.82, 2.24) is 0 Å². The fourth-order valence-corrected chi connectivity index (χ4v) is 3.37. The van der Waals surface area contributed by atoms with E-state index in [9.17, 15) is 36.5 Å². The number of nitro benzene ring substituents is 1. The van der Waals surface area contributed by atoms with Crippen molar-refractivity contribution in [2.24, 2.45) is 0 Å². The van der Waals surface area contributed by atoms with E-state index >= 15 is 0 Å². The van der Waals surface area contributed by atoms with Crippen molar-refractivity contribution in [3.8, 4) is 5.75 Å². The molecule has 0 spiro atoms. The number of thioether (sulfide) groups is 1. The highest BCUT2D eigenvalue weighted by molar-refractivity contribution is 8.00. The molecule has 0 aliphatic rings. The predicted octanol–water partition coefficient (Wildman–Crippen LogP) is 3.63. The molecule has 29 heavy (non-hydrogen) atoms. The average Bonchev–Trinajstić information content (AvgIpc) is 2.59. The van der Waals surface area contributed by atoms with Crippen molar-refractivity contribution in [3.63, 3.8) is 0 Å². The second kappa shape index (κ2) is 8.69. The molecule has 0 radical (unpaired) electrons. The third kappa shape index (κ3) is 6.64. The summed E-state index contributed by atoms with van der Waals surface area (Å²) in [6, 6.07) is 8.11. The summed E-state index contributed by atoms with van der Waals surface area (Å²) < 4.78 is 65.8. The Morgan fingerprint density at radius 3 is 2.48 bits per heavy atom. The molecule has 13 heteroatoms. The van der Waals surface area contributed by atoms with Gasteiger partial charge in [0.15, 0.2) is 22.2 Å². The molecular formula is C16H13F3N2O6S2. The van der Waals surface area contributed by atoms with Crippen LogP contribution in [-0.2, 0) is 14.6 Å². The topological polar surface area (TPSA) is 116 Å². The van der Waals surface area contributed by atoms with Crippen LogP contribution in [0.2, 0.25) is 0 Å². The van der Waals surface area contributed by atoms with Crippen LogP contribution in [0.15, 0.2) is 52.3 Å². The number of halogens is 3. The summed E-state index contributed by atoms with van der Waals surface area (Å²) >= 11 is -0.408. The lowest BCUT2D eigenvalue weighted by atomic mass is 10.3. The van der Waals surface area contributed by atoms with Gasteiger partial charge in [-0.1, -0.05) is 12.1 Å². The SMILES string of the molecule is CS(=O)(=O)c1ccc(OCC(=O)Nc2ccccc2SC(F)(F)F)c([N+](=O)[O-])c1. The van der Waals surface area contributed by atoms with Crippen molar-refractivity contribution >= 4 is 38.9 Å². The molecule has 0 bridgehead atoms. The maximum absolute atomic E-state index is 12.6. The highest BCUT2D eigenvalue weighted by Gasteiger charge is 2.30. The number of ether oxygens (including phenoxy) is 1. The number of sulfone groups is 1. The Labute approximate surface area is 167 Å². The summed E-state index contributed by atoms with van der Waals surface area (Å²) in [5, 5.41) is 13.4. The highest BCUT2D eigenvalue weighted by atomic mass is 32.2. The van der Waals surface area contributed by atoms with Gasteiger partial charge >= 0.3 is 11.2 Å². The molecule has 0 aromatic heterocycles. The number of nitrogens with one attached hydrogen (secondary N) is 1. The number of hydrogen-bond donors (Lipinski definition) is 1. The van der Waals surface area contributed by atoms with Gasteiger partial charge in [-0.15, -0.1) is 0 Å². The maximum atomic E-state index is 12.6. The number of nitrogens with zero attached hydrogens (tertiary/aromatic N) is 1. The number of carbonyl (C=O) groups is 1. The molecular weight excluding hydrogens is 437 g/mol. The van der Waals surface area contributed by atoms with Crippen LogP contribution in [0.25, 0.3) is 0 Å². The Kier molecular flexibility index (Phi) is 6.74. The van der Waals surface area contributed by atoms with Crippen molar-refractivity contribution in [2.45, 2.75) is 15.3 Å². The Morgan fingerprint density at radius 1 is 1.24 bits per heavy atom. The summed E-state index contributed by atoms with van der Waals surface area (Å²) in [6.45, 7) is -0.746. The third-order valence-electron chi connectivity index (χ3n) is 3.30. The van der Waals surface area contributed by atoms with E-state index in [1.54, 1.807) is 0 Å². The summed E-state index contributed by atoms with van der Waals surface area (Å²) in [4.78, 5) is 21.7. The highest BCUT2D eigenvalue weighted by Crippen LogP contribution is 2.40. The fraction of sp³-hybridized carbons (Fsp3) is 0.188. The molecule has 1 amide bonds. The van der Waals surface area contributed by atoms with Gasteiger partial charge in [0.1, 0.15) is 0 Å². The molecule has 0 aliphatic carbocycles. The minimum atomic E-state index is -4.56. The van der Waals surface area contributed by atoms with Crippen LogP contribution in [0.5, 0.6) is 5.75 Å². The zero-order valence-corrected chi connectivity index (χ0v) is 16.2. The lowest BCUT2D eigenvalue weighted by Crippen LogP contribution is -2.21. The zero-order chi connectivity index (χ0) is 21.8. The van der Waals surface area contributed by atoms with E-state index in [2.05, 4.69) is 5.32 Å². The third-order valence-corrected chi connectivity index (χ3v) is 5.22. The van der Waals surface area contributed by atoms with E-state index < -0.39 is 50.2 Å². The fourth-order valence-electron chi connectivity index (χ4n) is 2.11. The molecule has 8 nitrogen and oxygen atoms in total. The van der Waals surface area contributed by atoms with E-state index in [1.807, 2.05) is 0 Å². The Morgan fingerprint density at radius 2 is 1.90 bits per heavy atom. The van der Waals surface area contributed by atoms with Crippen LogP contribution >= 0.6 is 11.8 Å². The molecule has 2 aromatic carbocycles. The largest absolute Gasteiger partial charge is 0.477 e. The Bertz CT molecular complexity index is 1040. The van der Waals surface area contributed by atoms with E-state index in [1.165, 1.54) is 24.3 Å². The number of nitro groups is 1. The molecule has 0 unspecified atom stereocenters. The molecule has 0 saturated carbocycles. The lowest BCUT2D eigenvalue weighted by Gasteiger charge is -2.12. The second-order valence-corrected chi connectivity index (χ2v) is 8.66. The van der Waals surface area contributed by atoms with Crippen LogP contribution in [0.1, 0.15) is 0 Å². The first kappa shape index (κ1) is 22.5. The van der Waals surface area contributed by atoms with E-state index in [0.717, 1.165) is 24.5 Å². The van der Waals surface area contributed by atoms with E-state index in [-0.39, 0.29) is 21.2 Å². The molecule has 2 aromatic rings. The van der Waals surface area contributed by atoms with E-state index in [0.29, 0.717) is 0 Å². The van der Waals surface area contributed by atoms with Gasteiger partial charge in [0.25, 0.3) is 5.91 Å². The average molecular weight is 450 g/mol. The number of rotatable bonds is 7. The number of hydrogen-bond acceptors (Lipinski definition) is 7. The molecule has 0 saturated heterocycles. The molecule has 0 aliphatic heterocycles. The van der Waals surface area contributed by atoms with Gasteiger partial charge in [0, 0.05) is 17.2 Å². The van der Waals surface area contributed by atoms with Gasteiger partial charge in [-0.25, -0.2) is 8.42 Å². The molecule has 0 heterocycles. The summed E-state index contributed by atoms with van der Waals surface area (Å²) in [7, 11) is -3.70. The van der Waals surface area contributed by atoms with Crippen molar-refractivity contribution in [1.29, 1.82) is 0 Å². The minimum Gasteiger partial charge on any atom is -0.477 e. The molecule has 0 fully saturated rings. The number of benzene rings is 2. The van der Waals surface area contributed by atoms with Crippen molar-refractivity contribution < 1.29 is 36.0 Å². The monoisotopic (exact) mass is 450 g/mol. The van der Waals surface area contributed by atoms with Crippen LogP contribution in [0.3, 0.4) is 0 Å². The van der Waals surface area contributed by atoms with Gasteiger partial charge in [0.05, 0.1) is 15.5 Å². The molecule has 2 rings (SSSR count). The van der Waals surface area contributed by atoms with Crippen molar-refractivity contribution in [2.75, 3.05) is 18.2 Å². The second-order valence-electron chi connectivity index (χ2n) is 5.54. The quantitative estimate of drug-likeness (QED) is 0.389. The first-order valence-corrected chi connectivity index (χ1v) is 10.3.